The van der Waals surface area contributed by atoms with Crippen molar-refractivity contribution in [2.24, 2.45) is 0 Å². The molecule has 2 aromatic carbocycles. The van der Waals surface area contributed by atoms with Crippen LogP contribution in [0.15, 0.2) is 47.4 Å². The summed E-state index contributed by atoms with van der Waals surface area (Å²) in [6.07, 6.45) is 1.38. The van der Waals surface area contributed by atoms with Crippen molar-refractivity contribution in [3.8, 4) is 5.75 Å². The number of rotatable bonds is 5. The molecule has 3 N–H and O–H groups in total. The van der Waals surface area contributed by atoms with Crippen molar-refractivity contribution >= 4 is 57.8 Å². The Balaban J connectivity index is 1.77. The molecule has 2 aromatic rings. The molecule has 0 aliphatic carbocycles. The monoisotopic (exact) mass is 446 g/mol. The average Bonchev–Trinajstić information content (AvgIpc) is 2.96. The number of phenols is 1. The van der Waals surface area contributed by atoms with Crippen molar-refractivity contribution in [3.05, 3.63) is 64.3 Å². The van der Waals surface area contributed by atoms with Crippen molar-refractivity contribution in [2.75, 3.05) is 5.32 Å². The quantitative estimate of drug-likeness (QED) is 0.477. The average molecular weight is 446 g/mol. The lowest BCUT2D eigenvalue weighted by molar-refractivity contribution is -0.129. The van der Waals surface area contributed by atoms with Crippen LogP contribution in [0.4, 0.5) is 10.1 Å². The fourth-order valence-corrected chi connectivity index (χ4v) is 4.11. The van der Waals surface area contributed by atoms with Gasteiger partial charge < -0.3 is 15.5 Å². The van der Waals surface area contributed by atoms with E-state index in [0.29, 0.717) is 0 Å². The van der Waals surface area contributed by atoms with Crippen LogP contribution in [-0.4, -0.2) is 43.3 Å². The zero-order valence-electron chi connectivity index (χ0n) is 15.5. The van der Waals surface area contributed by atoms with E-state index in [0.717, 1.165) is 28.8 Å². The van der Waals surface area contributed by atoms with Crippen LogP contribution in [0, 0.1) is 5.82 Å². The van der Waals surface area contributed by atoms with E-state index in [4.69, 9.17) is 17.3 Å². The zero-order chi connectivity index (χ0) is 22.0. The summed E-state index contributed by atoms with van der Waals surface area (Å²) in [6.45, 7) is 1.47. The van der Waals surface area contributed by atoms with Crippen LogP contribution < -0.4 is 5.32 Å². The highest BCUT2D eigenvalue weighted by atomic mass is 32.2. The number of nitrogens with one attached hydrogen (secondary N) is 1. The number of amides is 2. The number of aromatic carboxylic acids is 1. The molecule has 7 nitrogen and oxygen atoms in total. The van der Waals surface area contributed by atoms with Gasteiger partial charge >= 0.3 is 5.97 Å². The fraction of sp³-hybridized carbons (Fsp3) is 0.100. The molecule has 1 atom stereocenters. The highest BCUT2D eigenvalue weighted by Gasteiger charge is 2.38. The number of benzene rings is 2. The summed E-state index contributed by atoms with van der Waals surface area (Å²) < 4.78 is 14.0. The maximum atomic E-state index is 13.9. The molecule has 10 heteroatoms. The molecule has 154 valence electrons. The third-order valence-electron chi connectivity index (χ3n) is 4.28. The van der Waals surface area contributed by atoms with Crippen molar-refractivity contribution in [3.63, 3.8) is 0 Å². The molecule has 0 bridgehead atoms. The minimum Gasteiger partial charge on any atom is -0.507 e. The Morgan fingerprint density at radius 2 is 1.97 bits per heavy atom. The zero-order valence-corrected chi connectivity index (χ0v) is 17.1. The number of carbonyl (C=O) groups is 3. The first-order chi connectivity index (χ1) is 14.2. The van der Waals surface area contributed by atoms with Crippen molar-refractivity contribution in [1.82, 2.24) is 4.90 Å². The van der Waals surface area contributed by atoms with Crippen LogP contribution in [0.2, 0.25) is 0 Å². The summed E-state index contributed by atoms with van der Waals surface area (Å²) in [5, 5.41) is 21.2. The SMILES string of the molecule is C[C@@H](C(=O)Nc1ccc(C(=O)O)c(O)c1)N1C(=O)/C(=C/c2ccccc2F)SC1=S. The lowest BCUT2D eigenvalue weighted by atomic mass is 10.1. The molecule has 0 radical (unpaired) electrons. The Hall–Kier alpha value is -3.24. The van der Waals surface area contributed by atoms with Crippen LogP contribution in [0.25, 0.3) is 6.08 Å². The van der Waals surface area contributed by atoms with E-state index in [1.807, 2.05) is 0 Å². The normalized spacial score (nSPS) is 16.1. The number of anilines is 1. The van der Waals surface area contributed by atoms with Gasteiger partial charge in [0.2, 0.25) is 5.91 Å². The van der Waals surface area contributed by atoms with Gasteiger partial charge in [-0.25, -0.2) is 9.18 Å². The van der Waals surface area contributed by atoms with Gasteiger partial charge in [-0.3, -0.25) is 14.5 Å². The van der Waals surface area contributed by atoms with Gasteiger partial charge in [-0.15, -0.1) is 0 Å². The van der Waals surface area contributed by atoms with Gasteiger partial charge in [-0.2, -0.15) is 0 Å². The number of thiocarbonyl (C=S) groups is 1. The topological polar surface area (TPSA) is 107 Å². The number of carboxylic acids is 1. The maximum Gasteiger partial charge on any atom is 0.339 e. The van der Waals surface area contributed by atoms with Crippen molar-refractivity contribution in [2.45, 2.75) is 13.0 Å². The van der Waals surface area contributed by atoms with Crippen LogP contribution in [0.1, 0.15) is 22.8 Å². The predicted octanol–water partition coefficient (Wildman–Crippen LogP) is 3.46. The summed E-state index contributed by atoms with van der Waals surface area (Å²) in [5.41, 5.74) is 0.0714. The highest BCUT2D eigenvalue weighted by molar-refractivity contribution is 8.26. The van der Waals surface area contributed by atoms with Crippen LogP contribution in [0.5, 0.6) is 5.75 Å². The lowest BCUT2D eigenvalue weighted by Crippen LogP contribution is -2.44. The first-order valence-corrected chi connectivity index (χ1v) is 9.80. The van der Waals surface area contributed by atoms with Gasteiger partial charge in [0.15, 0.2) is 0 Å². The smallest absolute Gasteiger partial charge is 0.339 e. The largest absolute Gasteiger partial charge is 0.507 e. The number of carboxylic acid groups (broad SMARTS) is 1. The summed E-state index contributed by atoms with van der Waals surface area (Å²) >= 11 is 6.18. The molecule has 1 fully saturated rings. The molecule has 0 aromatic heterocycles. The molecule has 0 saturated carbocycles. The lowest BCUT2D eigenvalue weighted by Gasteiger charge is -2.22. The molecule has 30 heavy (non-hydrogen) atoms. The second-order valence-corrected chi connectivity index (χ2v) is 7.95. The second-order valence-electron chi connectivity index (χ2n) is 6.28. The van der Waals surface area contributed by atoms with Gasteiger partial charge in [0.1, 0.15) is 27.5 Å². The van der Waals surface area contributed by atoms with Gasteiger partial charge in [0, 0.05) is 17.3 Å². The standard InChI is InChI=1S/C20H15FN2O5S2/c1-10(17(25)22-12-6-7-13(19(27)28)15(24)9-12)23-18(26)16(30-20(23)29)8-11-4-2-3-5-14(11)21/h2-10,24H,1H3,(H,22,25)(H,27,28)/b16-8-/t10-/m0/s1. The van der Waals surface area contributed by atoms with Crippen LogP contribution in [-0.2, 0) is 9.59 Å². The molecule has 1 saturated heterocycles. The van der Waals surface area contributed by atoms with E-state index >= 15 is 0 Å². The number of hydrogen-bond donors (Lipinski definition) is 3. The Kier molecular flexibility index (Phi) is 6.18. The minimum absolute atomic E-state index is 0.148. The first kappa shape index (κ1) is 21.5. The van der Waals surface area contributed by atoms with E-state index in [1.165, 1.54) is 37.3 Å². The molecular weight excluding hydrogens is 431 g/mol. The highest BCUT2D eigenvalue weighted by Crippen LogP contribution is 2.34. The number of halogens is 1. The van der Waals surface area contributed by atoms with E-state index in [9.17, 15) is 23.9 Å². The molecule has 1 aliphatic rings. The first-order valence-electron chi connectivity index (χ1n) is 8.58. The fourth-order valence-electron chi connectivity index (χ4n) is 2.70. The Morgan fingerprint density at radius 3 is 2.60 bits per heavy atom. The molecule has 0 unspecified atom stereocenters. The summed E-state index contributed by atoms with van der Waals surface area (Å²) in [4.78, 5) is 37.6. The third-order valence-corrected chi connectivity index (χ3v) is 5.61. The number of hydrogen-bond acceptors (Lipinski definition) is 6. The van der Waals surface area contributed by atoms with Gasteiger partial charge in [0.25, 0.3) is 5.91 Å². The van der Waals surface area contributed by atoms with E-state index in [1.54, 1.807) is 6.07 Å². The number of carbonyl (C=O) groups excluding carboxylic acids is 2. The van der Waals surface area contributed by atoms with Crippen molar-refractivity contribution in [1.29, 1.82) is 0 Å². The van der Waals surface area contributed by atoms with Gasteiger partial charge in [-0.1, -0.05) is 42.2 Å². The third kappa shape index (κ3) is 4.34. The predicted molar refractivity (Wildman–Crippen MR) is 115 cm³/mol. The second kappa shape index (κ2) is 8.64. The molecular formula is C20H15FN2O5S2. The molecule has 0 spiro atoms. The minimum atomic E-state index is -1.31. The summed E-state index contributed by atoms with van der Waals surface area (Å²) in [6, 6.07) is 8.52. The molecule has 1 aliphatic heterocycles. The molecule has 2 amide bonds. The van der Waals surface area contributed by atoms with Gasteiger partial charge in [0.05, 0.1) is 4.91 Å². The Labute approximate surface area is 180 Å². The van der Waals surface area contributed by atoms with Crippen LogP contribution >= 0.6 is 24.0 Å². The number of aromatic hydroxyl groups is 1. The van der Waals surface area contributed by atoms with Gasteiger partial charge in [-0.05, 0) is 31.2 Å². The van der Waals surface area contributed by atoms with E-state index in [2.05, 4.69) is 5.32 Å². The maximum absolute atomic E-state index is 13.9. The summed E-state index contributed by atoms with van der Waals surface area (Å²) in [7, 11) is 0. The number of nitrogens with zero attached hydrogens (tertiary/aromatic N) is 1. The summed E-state index contributed by atoms with van der Waals surface area (Å²) in [5.74, 6) is -3.43. The van der Waals surface area contributed by atoms with E-state index < -0.39 is 35.4 Å². The Bertz CT molecular complexity index is 1100. The van der Waals surface area contributed by atoms with E-state index in [-0.39, 0.29) is 26.0 Å². The number of thioether (sulfide) groups is 1. The Morgan fingerprint density at radius 1 is 1.27 bits per heavy atom. The molecule has 1 heterocycles. The molecule has 3 rings (SSSR count). The van der Waals surface area contributed by atoms with Crippen LogP contribution in [0.3, 0.4) is 0 Å². The van der Waals surface area contributed by atoms with Crippen molar-refractivity contribution < 1.29 is 29.0 Å².